The van der Waals surface area contributed by atoms with Crippen LogP contribution in [0, 0.1) is 5.82 Å². The molecule has 0 aliphatic rings. The molecule has 0 radical (unpaired) electrons. The average molecular weight is 213 g/mol. The Morgan fingerprint density at radius 3 is 2.62 bits per heavy atom. The van der Waals surface area contributed by atoms with Gasteiger partial charge in [-0.25, -0.2) is 4.39 Å². The monoisotopic (exact) mass is 212 g/mol. The third-order valence-corrected chi connectivity index (χ3v) is 2.75. The van der Waals surface area contributed by atoms with Crippen LogP contribution in [0.4, 0.5) is 4.39 Å². The first-order valence-corrected chi connectivity index (χ1v) is 5.07. The van der Waals surface area contributed by atoms with Gasteiger partial charge in [0.1, 0.15) is 5.82 Å². The van der Waals surface area contributed by atoms with Gasteiger partial charge in [0.05, 0.1) is 5.02 Å². The van der Waals surface area contributed by atoms with Crippen molar-refractivity contribution in [2.75, 3.05) is 0 Å². The number of benzene rings is 1. The third-order valence-electron chi connectivity index (χ3n) is 1.77. The standard InChI is InChI=1S/C10H6ClFS/c11-9-5-7(1-2-10(9)12)8-3-4-13-6-8/h1-6H. The van der Waals surface area contributed by atoms with Crippen molar-refractivity contribution in [3.05, 3.63) is 45.9 Å². The van der Waals surface area contributed by atoms with Gasteiger partial charge in [-0.3, -0.25) is 0 Å². The fourth-order valence-electron chi connectivity index (χ4n) is 1.10. The number of halogens is 2. The molecule has 0 saturated carbocycles. The van der Waals surface area contributed by atoms with Crippen LogP contribution >= 0.6 is 22.9 Å². The number of thiophene rings is 1. The summed E-state index contributed by atoms with van der Waals surface area (Å²) in [6.45, 7) is 0. The van der Waals surface area contributed by atoms with Crippen LogP contribution in [-0.4, -0.2) is 0 Å². The molecule has 0 atom stereocenters. The lowest BCUT2D eigenvalue weighted by molar-refractivity contribution is 0.628. The van der Waals surface area contributed by atoms with E-state index >= 15 is 0 Å². The van der Waals surface area contributed by atoms with Crippen LogP contribution in [0.5, 0.6) is 0 Å². The second-order valence-electron chi connectivity index (χ2n) is 2.64. The summed E-state index contributed by atoms with van der Waals surface area (Å²) in [5.41, 5.74) is 2.03. The SMILES string of the molecule is Fc1ccc(-c2ccsc2)cc1Cl. The van der Waals surface area contributed by atoms with E-state index in [0.29, 0.717) is 0 Å². The topological polar surface area (TPSA) is 0 Å². The molecule has 2 rings (SSSR count). The quantitative estimate of drug-likeness (QED) is 0.665. The molecule has 0 unspecified atom stereocenters. The summed E-state index contributed by atoms with van der Waals surface area (Å²) in [7, 11) is 0. The molecule has 3 heteroatoms. The van der Waals surface area contributed by atoms with E-state index in [0.717, 1.165) is 11.1 Å². The van der Waals surface area contributed by atoms with Gasteiger partial charge >= 0.3 is 0 Å². The fraction of sp³-hybridized carbons (Fsp3) is 0. The van der Waals surface area contributed by atoms with E-state index in [1.165, 1.54) is 6.07 Å². The van der Waals surface area contributed by atoms with Crippen molar-refractivity contribution in [3.8, 4) is 11.1 Å². The normalized spacial score (nSPS) is 10.3. The molecule has 13 heavy (non-hydrogen) atoms. The Kier molecular flexibility index (Phi) is 2.34. The molecule has 0 fully saturated rings. The first kappa shape index (κ1) is 8.73. The minimum atomic E-state index is -0.374. The Hall–Kier alpha value is -0.860. The first-order valence-electron chi connectivity index (χ1n) is 3.75. The Morgan fingerprint density at radius 2 is 2.00 bits per heavy atom. The van der Waals surface area contributed by atoms with Crippen LogP contribution in [0.15, 0.2) is 35.0 Å². The molecule has 0 nitrogen and oxygen atoms in total. The van der Waals surface area contributed by atoms with Crippen LogP contribution in [-0.2, 0) is 0 Å². The molecule has 1 aromatic heterocycles. The number of hydrogen-bond donors (Lipinski definition) is 0. The van der Waals surface area contributed by atoms with E-state index in [9.17, 15) is 4.39 Å². The summed E-state index contributed by atoms with van der Waals surface area (Å²) in [6, 6.07) is 6.73. The first-order chi connectivity index (χ1) is 6.27. The summed E-state index contributed by atoms with van der Waals surface area (Å²) in [5.74, 6) is -0.374. The van der Waals surface area contributed by atoms with E-state index in [-0.39, 0.29) is 10.8 Å². The lowest BCUT2D eigenvalue weighted by Crippen LogP contribution is -1.78. The van der Waals surface area contributed by atoms with Crippen molar-refractivity contribution in [2.24, 2.45) is 0 Å². The molecule has 2 aromatic rings. The van der Waals surface area contributed by atoms with Crippen molar-refractivity contribution in [2.45, 2.75) is 0 Å². The maximum Gasteiger partial charge on any atom is 0.141 e. The van der Waals surface area contributed by atoms with E-state index in [1.54, 1.807) is 23.5 Å². The highest BCUT2D eigenvalue weighted by Crippen LogP contribution is 2.26. The van der Waals surface area contributed by atoms with Crippen molar-refractivity contribution in [3.63, 3.8) is 0 Å². The van der Waals surface area contributed by atoms with E-state index in [1.807, 2.05) is 16.8 Å². The second-order valence-corrected chi connectivity index (χ2v) is 3.83. The van der Waals surface area contributed by atoms with Gasteiger partial charge in [0, 0.05) is 0 Å². The predicted molar refractivity (Wildman–Crippen MR) is 54.7 cm³/mol. The summed E-state index contributed by atoms with van der Waals surface area (Å²) < 4.78 is 12.8. The van der Waals surface area contributed by atoms with Crippen LogP contribution < -0.4 is 0 Å². The van der Waals surface area contributed by atoms with E-state index in [2.05, 4.69) is 0 Å². The van der Waals surface area contributed by atoms with Gasteiger partial charge in [-0.1, -0.05) is 17.7 Å². The second kappa shape index (κ2) is 3.48. The van der Waals surface area contributed by atoms with Gasteiger partial charge < -0.3 is 0 Å². The van der Waals surface area contributed by atoms with Crippen LogP contribution in [0.1, 0.15) is 0 Å². The zero-order valence-electron chi connectivity index (χ0n) is 6.63. The zero-order chi connectivity index (χ0) is 9.26. The Balaban J connectivity index is 2.49. The molecule has 0 aliphatic heterocycles. The molecule has 1 heterocycles. The van der Waals surface area contributed by atoms with Crippen LogP contribution in [0.3, 0.4) is 0 Å². The number of hydrogen-bond acceptors (Lipinski definition) is 1. The lowest BCUT2D eigenvalue weighted by atomic mass is 10.1. The Bertz CT molecular complexity index is 409. The molecular formula is C10H6ClFS. The Morgan fingerprint density at radius 1 is 1.15 bits per heavy atom. The highest BCUT2D eigenvalue weighted by molar-refractivity contribution is 7.08. The average Bonchev–Trinajstić information content (AvgIpc) is 2.62. The maximum atomic E-state index is 12.8. The molecule has 0 aliphatic carbocycles. The molecule has 0 spiro atoms. The summed E-state index contributed by atoms with van der Waals surface area (Å²) >= 11 is 7.27. The van der Waals surface area contributed by atoms with Gasteiger partial charge in [0.15, 0.2) is 0 Å². The van der Waals surface area contributed by atoms with Gasteiger partial charge in [-0.15, -0.1) is 0 Å². The summed E-state index contributed by atoms with van der Waals surface area (Å²) in [4.78, 5) is 0. The summed E-state index contributed by atoms with van der Waals surface area (Å²) in [6.07, 6.45) is 0. The van der Waals surface area contributed by atoms with Crippen LogP contribution in [0.2, 0.25) is 5.02 Å². The van der Waals surface area contributed by atoms with Crippen molar-refractivity contribution in [1.82, 2.24) is 0 Å². The molecule has 0 amide bonds. The smallest absolute Gasteiger partial charge is 0.141 e. The fourth-order valence-corrected chi connectivity index (χ4v) is 1.95. The Labute approximate surface area is 84.6 Å². The van der Waals surface area contributed by atoms with Crippen molar-refractivity contribution >= 4 is 22.9 Å². The summed E-state index contributed by atoms with van der Waals surface area (Å²) in [5, 5.41) is 4.15. The third kappa shape index (κ3) is 1.74. The lowest BCUT2D eigenvalue weighted by Gasteiger charge is -1.98. The predicted octanol–water partition coefficient (Wildman–Crippen LogP) is 4.21. The van der Waals surface area contributed by atoms with E-state index in [4.69, 9.17) is 11.6 Å². The molecule has 1 aromatic carbocycles. The maximum absolute atomic E-state index is 12.8. The highest BCUT2D eigenvalue weighted by Gasteiger charge is 2.02. The minimum absolute atomic E-state index is 0.170. The van der Waals surface area contributed by atoms with Crippen molar-refractivity contribution in [1.29, 1.82) is 0 Å². The van der Waals surface area contributed by atoms with Gasteiger partial charge in [0.2, 0.25) is 0 Å². The highest BCUT2D eigenvalue weighted by atomic mass is 35.5. The molecule has 0 bridgehead atoms. The van der Waals surface area contributed by atoms with E-state index < -0.39 is 0 Å². The molecular weight excluding hydrogens is 207 g/mol. The minimum Gasteiger partial charge on any atom is -0.205 e. The number of rotatable bonds is 1. The molecule has 0 N–H and O–H groups in total. The van der Waals surface area contributed by atoms with Gasteiger partial charge in [-0.2, -0.15) is 11.3 Å². The van der Waals surface area contributed by atoms with Gasteiger partial charge in [0.25, 0.3) is 0 Å². The molecule has 66 valence electrons. The molecule has 0 saturated heterocycles. The van der Waals surface area contributed by atoms with Gasteiger partial charge in [-0.05, 0) is 40.1 Å². The zero-order valence-corrected chi connectivity index (χ0v) is 8.20. The van der Waals surface area contributed by atoms with Crippen molar-refractivity contribution < 1.29 is 4.39 Å². The largest absolute Gasteiger partial charge is 0.205 e. The van der Waals surface area contributed by atoms with Crippen LogP contribution in [0.25, 0.3) is 11.1 Å².